The van der Waals surface area contributed by atoms with Gasteiger partial charge in [0.1, 0.15) is 0 Å². The van der Waals surface area contributed by atoms with Crippen molar-refractivity contribution in [2.45, 2.75) is 32.4 Å². The molecule has 4 heteroatoms. The van der Waals surface area contributed by atoms with Crippen LogP contribution in [0.1, 0.15) is 20.3 Å². The second-order valence-electron chi connectivity index (χ2n) is 4.38. The minimum atomic E-state index is -0.300. The molecule has 0 aromatic rings. The molecule has 1 fully saturated rings. The third kappa shape index (κ3) is 3.22. The summed E-state index contributed by atoms with van der Waals surface area (Å²) in [4.78, 5) is 13.7. The molecule has 0 saturated carbocycles. The van der Waals surface area contributed by atoms with Crippen LogP contribution in [-0.2, 0) is 4.79 Å². The van der Waals surface area contributed by atoms with E-state index >= 15 is 0 Å². The highest BCUT2D eigenvalue weighted by Gasteiger charge is 2.31. The summed E-state index contributed by atoms with van der Waals surface area (Å²) < 4.78 is 0. The summed E-state index contributed by atoms with van der Waals surface area (Å²) in [5.41, 5.74) is 0. The van der Waals surface area contributed by atoms with Gasteiger partial charge in [-0.1, -0.05) is 5.92 Å². The maximum absolute atomic E-state index is 11.7. The van der Waals surface area contributed by atoms with E-state index < -0.39 is 0 Å². The molecule has 0 spiro atoms. The van der Waals surface area contributed by atoms with Crippen molar-refractivity contribution < 1.29 is 9.90 Å². The van der Waals surface area contributed by atoms with Gasteiger partial charge in [0.25, 0.3) is 0 Å². The van der Waals surface area contributed by atoms with Crippen LogP contribution in [0, 0.1) is 18.3 Å². The number of carbonyl (C=O) groups is 1. The fourth-order valence-electron chi connectivity index (χ4n) is 2.01. The average molecular weight is 224 g/mol. The Labute approximate surface area is 97.0 Å². The molecule has 3 atom stereocenters. The van der Waals surface area contributed by atoms with Crippen molar-refractivity contribution in [2.75, 3.05) is 19.6 Å². The van der Waals surface area contributed by atoms with Crippen molar-refractivity contribution in [3.8, 4) is 12.3 Å². The van der Waals surface area contributed by atoms with Gasteiger partial charge in [0, 0.05) is 6.54 Å². The van der Waals surface area contributed by atoms with Gasteiger partial charge in [0.15, 0.2) is 0 Å². The molecule has 1 aliphatic heterocycles. The monoisotopic (exact) mass is 224 g/mol. The maximum atomic E-state index is 11.7. The highest BCUT2D eigenvalue weighted by Crippen LogP contribution is 2.21. The van der Waals surface area contributed by atoms with E-state index in [2.05, 4.69) is 16.1 Å². The van der Waals surface area contributed by atoms with E-state index in [1.165, 1.54) is 0 Å². The van der Waals surface area contributed by atoms with Crippen molar-refractivity contribution in [2.24, 2.45) is 5.92 Å². The largest absolute Gasteiger partial charge is 0.393 e. The van der Waals surface area contributed by atoms with Crippen LogP contribution in [0.25, 0.3) is 0 Å². The predicted octanol–water partition coefficient (Wildman–Crippen LogP) is -0.173. The molecule has 0 bridgehead atoms. The smallest absolute Gasteiger partial charge is 0.237 e. The average Bonchev–Trinajstić information content (AvgIpc) is 2.74. The maximum Gasteiger partial charge on any atom is 0.237 e. The normalized spacial score (nSPS) is 24.8. The van der Waals surface area contributed by atoms with Crippen molar-refractivity contribution in [3.63, 3.8) is 0 Å². The molecule has 1 heterocycles. The van der Waals surface area contributed by atoms with E-state index in [0.29, 0.717) is 0 Å². The Hall–Kier alpha value is -1.05. The van der Waals surface area contributed by atoms with Gasteiger partial charge >= 0.3 is 0 Å². The molecule has 0 aromatic carbocycles. The Bertz CT molecular complexity index is 283. The van der Waals surface area contributed by atoms with Crippen LogP contribution < -0.4 is 5.32 Å². The first-order valence-electron chi connectivity index (χ1n) is 5.69. The molecular formula is C12H20N2O2. The number of aliphatic hydroxyl groups is 1. The number of aliphatic hydroxyl groups excluding tert-OH is 1. The molecule has 3 unspecified atom stereocenters. The van der Waals surface area contributed by atoms with Gasteiger partial charge in [-0.05, 0) is 32.7 Å². The molecule has 0 radical (unpaired) electrons. The first-order chi connectivity index (χ1) is 7.56. The molecule has 0 aromatic heterocycles. The van der Waals surface area contributed by atoms with Crippen LogP contribution in [0.2, 0.25) is 0 Å². The Morgan fingerprint density at radius 2 is 2.38 bits per heavy atom. The minimum absolute atomic E-state index is 0.0378. The number of nitrogens with zero attached hydrogens (tertiary/aromatic N) is 1. The lowest BCUT2D eigenvalue weighted by molar-refractivity contribution is -0.125. The Morgan fingerprint density at radius 1 is 1.69 bits per heavy atom. The second-order valence-corrected chi connectivity index (χ2v) is 4.38. The highest BCUT2D eigenvalue weighted by atomic mass is 16.3. The van der Waals surface area contributed by atoms with Crippen LogP contribution in [0.15, 0.2) is 0 Å². The first-order valence-corrected chi connectivity index (χ1v) is 5.69. The minimum Gasteiger partial charge on any atom is -0.393 e. The number of hydrogen-bond acceptors (Lipinski definition) is 3. The third-order valence-corrected chi connectivity index (χ3v) is 3.23. The number of rotatable bonds is 4. The fraction of sp³-hybridized carbons (Fsp3) is 0.750. The van der Waals surface area contributed by atoms with Crippen LogP contribution in [0.5, 0.6) is 0 Å². The Morgan fingerprint density at radius 3 is 2.88 bits per heavy atom. The first kappa shape index (κ1) is 13.0. The third-order valence-electron chi connectivity index (χ3n) is 3.23. The molecule has 2 N–H and O–H groups in total. The number of likely N-dealkylation sites (tertiary alicyclic amines) is 1. The zero-order valence-electron chi connectivity index (χ0n) is 9.94. The fourth-order valence-corrected chi connectivity index (χ4v) is 2.01. The van der Waals surface area contributed by atoms with Gasteiger partial charge < -0.3 is 10.4 Å². The molecule has 1 amide bonds. The van der Waals surface area contributed by atoms with E-state index in [9.17, 15) is 9.90 Å². The Balaban J connectivity index is 2.41. The van der Waals surface area contributed by atoms with Crippen molar-refractivity contribution in [3.05, 3.63) is 0 Å². The summed E-state index contributed by atoms with van der Waals surface area (Å²) in [7, 11) is 0. The van der Waals surface area contributed by atoms with Gasteiger partial charge in [-0.25, -0.2) is 0 Å². The van der Waals surface area contributed by atoms with Crippen molar-refractivity contribution in [1.82, 2.24) is 10.2 Å². The van der Waals surface area contributed by atoms with Gasteiger partial charge in [-0.3, -0.25) is 9.69 Å². The van der Waals surface area contributed by atoms with Crippen LogP contribution >= 0.6 is 0 Å². The molecule has 1 rings (SSSR count). The summed E-state index contributed by atoms with van der Waals surface area (Å²) in [6, 6.07) is -0.169. The second kappa shape index (κ2) is 5.88. The van der Waals surface area contributed by atoms with E-state index in [1.807, 2.05) is 6.92 Å². The van der Waals surface area contributed by atoms with Gasteiger partial charge in [-0.15, -0.1) is 6.42 Å². The zero-order chi connectivity index (χ0) is 12.1. The van der Waals surface area contributed by atoms with Crippen LogP contribution in [-0.4, -0.2) is 47.7 Å². The predicted molar refractivity (Wildman–Crippen MR) is 62.7 cm³/mol. The van der Waals surface area contributed by atoms with E-state index in [1.54, 1.807) is 6.92 Å². The topological polar surface area (TPSA) is 52.6 Å². The molecule has 1 aliphatic rings. The van der Waals surface area contributed by atoms with Crippen LogP contribution in [0.4, 0.5) is 0 Å². The lowest BCUT2D eigenvalue weighted by atomic mass is 10.0. The summed E-state index contributed by atoms with van der Waals surface area (Å²) in [5, 5.41) is 12.2. The summed E-state index contributed by atoms with van der Waals surface area (Å²) in [6.45, 7) is 5.59. The van der Waals surface area contributed by atoms with Gasteiger partial charge in [0.2, 0.25) is 5.91 Å². The van der Waals surface area contributed by atoms with E-state index in [-0.39, 0.29) is 30.5 Å². The lowest BCUT2D eigenvalue weighted by Gasteiger charge is -2.23. The highest BCUT2D eigenvalue weighted by molar-refractivity contribution is 5.81. The molecular weight excluding hydrogens is 204 g/mol. The SMILES string of the molecule is C#CCNC(=O)C(C)N1CCC(C(C)O)C1. The molecule has 1 saturated heterocycles. The molecule has 0 aliphatic carbocycles. The molecule has 90 valence electrons. The van der Waals surface area contributed by atoms with Gasteiger partial charge in [0.05, 0.1) is 18.7 Å². The zero-order valence-corrected chi connectivity index (χ0v) is 9.94. The number of hydrogen-bond donors (Lipinski definition) is 2. The Kier molecular flexibility index (Phi) is 4.78. The van der Waals surface area contributed by atoms with Crippen molar-refractivity contribution in [1.29, 1.82) is 0 Å². The number of terminal acetylenes is 1. The number of nitrogens with one attached hydrogen (secondary N) is 1. The van der Waals surface area contributed by atoms with Crippen molar-refractivity contribution >= 4 is 5.91 Å². The van der Waals surface area contributed by atoms with E-state index in [0.717, 1.165) is 19.5 Å². The number of amides is 1. The number of carbonyl (C=O) groups excluding carboxylic acids is 1. The summed E-state index contributed by atoms with van der Waals surface area (Å²) >= 11 is 0. The molecule has 16 heavy (non-hydrogen) atoms. The summed E-state index contributed by atoms with van der Waals surface area (Å²) in [6.07, 6.45) is 5.73. The summed E-state index contributed by atoms with van der Waals surface area (Å²) in [5.74, 6) is 2.62. The van der Waals surface area contributed by atoms with Crippen LogP contribution in [0.3, 0.4) is 0 Å². The van der Waals surface area contributed by atoms with Gasteiger partial charge in [-0.2, -0.15) is 0 Å². The molecule has 4 nitrogen and oxygen atoms in total. The van der Waals surface area contributed by atoms with E-state index in [4.69, 9.17) is 6.42 Å². The lowest BCUT2D eigenvalue weighted by Crippen LogP contribution is -2.44. The standard InChI is InChI=1S/C12H20N2O2/c1-4-6-13-12(16)9(2)14-7-5-11(8-14)10(3)15/h1,9-11,15H,5-8H2,2-3H3,(H,13,16). The quantitative estimate of drug-likeness (QED) is 0.652.